The molecule has 336 valence electrons. The number of nitrogens with one attached hydrogen (secondary N) is 1. The maximum absolute atomic E-state index is 13.1. The number of ether oxygens (including phenoxy) is 1. The summed E-state index contributed by atoms with van der Waals surface area (Å²) in [6, 6.07) is -0.733. The van der Waals surface area contributed by atoms with E-state index in [0.29, 0.717) is 19.3 Å². The molecule has 3 unspecified atom stereocenters. The van der Waals surface area contributed by atoms with Crippen molar-refractivity contribution >= 4 is 11.9 Å². The van der Waals surface area contributed by atoms with Gasteiger partial charge in [0, 0.05) is 6.42 Å². The minimum atomic E-state index is -0.814. The molecule has 3 atom stereocenters. The van der Waals surface area contributed by atoms with E-state index in [2.05, 4.69) is 86.8 Å². The second-order valence-corrected chi connectivity index (χ2v) is 15.9. The van der Waals surface area contributed by atoms with Crippen molar-refractivity contribution in [2.75, 3.05) is 6.61 Å². The van der Waals surface area contributed by atoms with Crippen molar-refractivity contribution in [3.8, 4) is 0 Å². The fourth-order valence-corrected chi connectivity index (χ4v) is 6.60. The Kier molecular flexibility index (Phi) is 43.4. The Morgan fingerprint density at radius 2 is 1.00 bits per heavy atom. The van der Waals surface area contributed by atoms with Crippen LogP contribution in [0.3, 0.4) is 0 Å². The van der Waals surface area contributed by atoms with E-state index < -0.39 is 18.2 Å². The normalized spacial score (nSPS) is 14.2. The minimum absolute atomic E-state index is 0.0129. The maximum atomic E-state index is 13.1. The quantitative estimate of drug-likeness (QED) is 0.0247. The number of allylic oxidation sites excluding steroid dienone is 16. The SMILES string of the molecule is CC/C=C/C=C/C=C\C=C/CCCC(CC(=O)NC(CO)C(O)CCCCCCCCCCCC)OC(=O)CCCCC/C=C\C/C=C\C/C=C\C/C=C\CCCCC. The molecule has 0 radical (unpaired) electrons. The number of hydrogen-bond donors (Lipinski definition) is 3. The molecule has 0 aromatic rings. The van der Waals surface area contributed by atoms with Crippen molar-refractivity contribution in [1.29, 1.82) is 0 Å². The van der Waals surface area contributed by atoms with Crippen LogP contribution in [-0.4, -0.2) is 46.9 Å². The maximum Gasteiger partial charge on any atom is 0.306 e. The van der Waals surface area contributed by atoms with Crippen LogP contribution in [0.1, 0.15) is 201 Å². The van der Waals surface area contributed by atoms with Gasteiger partial charge in [0.05, 0.1) is 25.2 Å². The highest BCUT2D eigenvalue weighted by Crippen LogP contribution is 2.16. The number of carbonyl (C=O) groups excluding carboxylic acids is 2. The fraction of sp³-hybridized carbons (Fsp3) is 0.660. The average molecular weight is 820 g/mol. The van der Waals surface area contributed by atoms with Gasteiger partial charge in [-0.2, -0.15) is 0 Å². The van der Waals surface area contributed by atoms with Crippen LogP contribution in [-0.2, 0) is 14.3 Å². The van der Waals surface area contributed by atoms with E-state index in [1.807, 2.05) is 36.5 Å². The molecule has 59 heavy (non-hydrogen) atoms. The predicted molar refractivity (Wildman–Crippen MR) is 254 cm³/mol. The first-order chi connectivity index (χ1) is 29.0. The molecule has 0 spiro atoms. The van der Waals surface area contributed by atoms with Crippen molar-refractivity contribution in [3.05, 3.63) is 97.2 Å². The molecule has 0 bridgehead atoms. The van der Waals surface area contributed by atoms with Crippen molar-refractivity contribution in [2.45, 2.75) is 219 Å². The van der Waals surface area contributed by atoms with Gasteiger partial charge in [0.1, 0.15) is 6.10 Å². The summed E-state index contributed by atoms with van der Waals surface area (Å²) in [5.41, 5.74) is 0. The zero-order valence-corrected chi connectivity index (χ0v) is 38.1. The van der Waals surface area contributed by atoms with E-state index >= 15 is 0 Å². The Balaban J connectivity index is 4.69. The van der Waals surface area contributed by atoms with Crippen LogP contribution in [0.2, 0.25) is 0 Å². The summed E-state index contributed by atoms with van der Waals surface area (Å²) in [4.78, 5) is 26.0. The van der Waals surface area contributed by atoms with Gasteiger partial charge in [0.15, 0.2) is 0 Å². The summed E-state index contributed by atoms with van der Waals surface area (Å²) in [5.74, 6) is -0.590. The second-order valence-electron chi connectivity index (χ2n) is 15.9. The smallest absolute Gasteiger partial charge is 0.306 e. The number of hydrogen-bond acceptors (Lipinski definition) is 5. The van der Waals surface area contributed by atoms with Crippen LogP contribution in [0.15, 0.2) is 97.2 Å². The van der Waals surface area contributed by atoms with Crippen molar-refractivity contribution in [2.24, 2.45) is 0 Å². The molecular weight excluding hydrogens is 731 g/mol. The van der Waals surface area contributed by atoms with Gasteiger partial charge in [0.2, 0.25) is 5.91 Å². The van der Waals surface area contributed by atoms with Crippen LogP contribution in [0.25, 0.3) is 0 Å². The van der Waals surface area contributed by atoms with Gasteiger partial charge in [-0.15, -0.1) is 0 Å². The second kappa shape index (κ2) is 45.9. The number of unbranched alkanes of at least 4 members (excludes halogenated alkanes) is 16. The molecule has 0 aliphatic heterocycles. The number of carbonyl (C=O) groups is 2. The number of aliphatic hydroxyl groups is 2. The summed E-state index contributed by atoms with van der Waals surface area (Å²) < 4.78 is 5.86. The summed E-state index contributed by atoms with van der Waals surface area (Å²) >= 11 is 0. The summed E-state index contributed by atoms with van der Waals surface area (Å²) in [5, 5.41) is 23.6. The largest absolute Gasteiger partial charge is 0.462 e. The molecule has 0 aromatic carbocycles. The van der Waals surface area contributed by atoms with Crippen LogP contribution in [0, 0.1) is 0 Å². The van der Waals surface area contributed by atoms with E-state index in [1.165, 1.54) is 70.6 Å². The zero-order valence-electron chi connectivity index (χ0n) is 38.1. The average Bonchev–Trinajstić information content (AvgIpc) is 3.23. The van der Waals surface area contributed by atoms with E-state index in [0.717, 1.165) is 83.5 Å². The summed E-state index contributed by atoms with van der Waals surface area (Å²) in [6.45, 7) is 6.25. The third-order valence-corrected chi connectivity index (χ3v) is 10.2. The Morgan fingerprint density at radius 1 is 0.525 bits per heavy atom. The molecule has 1 amide bonds. The standard InChI is InChI=1S/C53H89NO5/c1-4-7-10-13-16-19-22-23-24-25-26-27-28-29-31-34-37-40-43-46-53(58)59-49(44-41-38-35-32-30-20-17-14-11-8-5-2)47-52(57)54-50(48-55)51(56)45-42-39-36-33-21-18-15-12-9-6-3/h8,11,14,16-17,19-20,23-24,26-27,29-32,35,49-51,55-56H,4-7,9-10,12-13,15,18,21-22,25,28,33-34,36-48H2,1-3H3,(H,54,57)/b11-8+,17-14+,19-16-,24-23-,27-26-,30-20-,31-29-,35-32-. The summed E-state index contributed by atoms with van der Waals surface area (Å²) in [6.07, 6.45) is 60.5. The molecule has 0 fully saturated rings. The number of amides is 1. The lowest BCUT2D eigenvalue weighted by molar-refractivity contribution is -0.151. The van der Waals surface area contributed by atoms with Gasteiger partial charge in [0.25, 0.3) is 0 Å². The van der Waals surface area contributed by atoms with Crippen LogP contribution >= 0.6 is 0 Å². The van der Waals surface area contributed by atoms with Gasteiger partial charge >= 0.3 is 5.97 Å². The molecule has 6 nitrogen and oxygen atoms in total. The molecule has 0 rings (SSSR count). The lowest BCUT2D eigenvalue weighted by Crippen LogP contribution is -2.46. The third-order valence-electron chi connectivity index (χ3n) is 10.2. The molecule has 6 heteroatoms. The predicted octanol–water partition coefficient (Wildman–Crippen LogP) is 14.2. The fourth-order valence-electron chi connectivity index (χ4n) is 6.60. The van der Waals surface area contributed by atoms with Gasteiger partial charge in [-0.1, -0.05) is 201 Å². The first kappa shape index (κ1) is 55.8. The molecule has 3 N–H and O–H groups in total. The zero-order chi connectivity index (χ0) is 43.1. The van der Waals surface area contributed by atoms with Gasteiger partial charge in [-0.05, 0) is 83.5 Å². The summed E-state index contributed by atoms with van der Waals surface area (Å²) in [7, 11) is 0. The van der Waals surface area contributed by atoms with E-state index in [9.17, 15) is 19.8 Å². The van der Waals surface area contributed by atoms with E-state index in [1.54, 1.807) is 0 Å². The molecule has 0 heterocycles. The van der Waals surface area contributed by atoms with Crippen LogP contribution in [0.5, 0.6) is 0 Å². The van der Waals surface area contributed by atoms with Gasteiger partial charge < -0.3 is 20.3 Å². The Hall–Kier alpha value is -3.22. The Morgan fingerprint density at radius 3 is 1.58 bits per heavy atom. The highest BCUT2D eigenvalue weighted by atomic mass is 16.5. The lowest BCUT2D eigenvalue weighted by Gasteiger charge is -2.24. The highest BCUT2D eigenvalue weighted by Gasteiger charge is 2.24. The monoisotopic (exact) mass is 820 g/mol. The molecule has 0 aliphatic rings. The molecule has 0 saturated carbocycles. The van der Waals surface area contributed by atoms with Crippen molar-refractivity contribution in [1.82, 2.24) is 5.32 Å². The number of rotatable bonds is 41. The topological polar surface area (TPSA) is 95.9 Å². The minimum Gasteiger partial charge on any atom is -0.462 e. The van der Waals surface area contributed by atoms with Crippen molar-refractivity contribution in [3.63, 3.8) is 0 Å². The molecular formula is C53H89NO5. The highest BCUT2D eigenvalue weighted by molar-refractivity contribution is 5.77. The lowest BCUT2D eigenvalue weighted by atomic mass is 10.0. The molecule has 0 aliphatic carbocycles. The number of aliphatic hydroxyl groups excluding tert-OH is 2. The molecule has 0 aromatic heterocycles. The third kappa shape index (κ3) is 41.3. The number of esters is 1. The Bertz CT molecular complexity index is 1190. The Labute approximate surface area is 363 Å². The van der Waals surface area contributed by atoms with Gasteiger partial charge in [-0.3, -0.25) is 9.59 Å². The van der Waals surface area contributed by atoms with E-state index in [4.69, 9.17) is 4.74 Å². The first-order valence-corrected chi connectivity index (χ1v) is 24.0. The molecule has 0 saturated heterocycles. The van der Waals surface area contributed by atoms with Gasteiger partial charge in [-0.25, -0.2) is 0 Å². The van der Waals surface area contributed by atoms with E-state index in [-0.39, 0.29) is 24.9 Å². The van der Waals surface area contributed by atoms with Crippen LogP contribution < -0.4 is 5.32 Å². The van der Waals surface area contributed by atoms with Crippen LogP contribution in [0.4, 0.5) is 0 Å². The first-order valence-electron chi connectivity index (χ1n) is 24.0. The van der Waals surface area contributed by atoms with Crippen molar-refractivity contribution < 1.29 is 24.5 Å².